The predicted octanol–water partition coefficient (Wildman–Crippen LogP) is 5.58. The molecule has 4 amide bonds. The molecule has 0 saturated heterocycles. The van der Waals surface area contributed by atoms with Crippen molar-refractivity contribution in [1.82, 2.24) is 30.4 Å². The second kappa shape index (κ2) is 13.7. The Balaban J connectivity index is 0.834. The van der Waals surface area contributed by atoms with Crippen molar-refractivity contribution in [2.24, 2.45) is 0 Å². The molecular formula is C41H34N6O4. The minimum Gasteiger partial charge on any atom is -0.315 e. The lowest BCUT2D eigenvalue weighted by molar-refractivity contribution is 0.0597. The first-order valence-corrected chi connectivity index (χ1v) is 17.1. The van der Waals surface area contributed by atoms with Crippen LogP contribution < -0.4 is 10.6 Å². The van der Waals surface area contributed by atoms with Gasteiger partial charge in [-0.25, -0.2) is 9.97 Å². The number of amides is 4. The van der Waals surface area contributed by atoms with E-state index in [4.69, 9.17) is 9.97 Å². The number of hydrogen-bond acceptors (Lipinski definition) is 8. The van der Waals surface area contributed by atoms with Crippen molar-refractivity contribution in [1.29, 1.82) is 0 Å². The molecule has 252 valence electrons. The summed E-state index contributed by atoms with van der Waals surface area (Å²) in [6.45, 7) is 2.67. The number of aromatic nitrogens is 2. The van der Waals surface area contributed by atoms with Crippen molar-refractivity contribution in [2.45, 2.75) is 6.42 Å². The Morgan fingerprint density at radius 2 is 0.863 bits per heavy atom. The molecular weight excluding hydrogens is 640 g/mol. The molecule has 4 aromatic carbocycles. The molecule has 2 aliphatic heterocycles. The highest BCUT2D eigenvalue weighted by atomic mass is 16.2. The first kappa shape index (κ1) is 32.1. The quantitative estimate of drug-likeness (QED) is 0.127. The summed E-state index contributed by atoms with van der Waals surface area (Å²) in [5.74, 6) is -1.27. The number of rotatable bonds is 12. The fourth-order valence-electron chi connectivity index (χ4n) is 6.92. The lowest BCUT2D eigenvalue weighted by Crippen LogP contribution is -2.44. The summed E-state index contributed by atoms with van der Waals surface area (Å²) < 4.78 is 0. The number of carbonyl (C=O) groups excluding carboxylic acids is 4. The van der Waals surface area contributed by atoms with Gasteiger partial charge in [0.25, 0.3) is 23.6 Å². The maximum absolute atomic E-state index is 13.6. The van der Waals surface area contributed by atoms with E-state index in [-0.39, 0.29) is 36.7 Å². The van der Waals surface area contributed by atoms with Gasteiger partial charge in [0.15, 0.2) is 0 Å². The Morgan fingerprint density at radius 3 is 1.29 bits per heavy atom. The predicted molar refractivity (Wildman–Crippen MR) is 195 cm³/mol. The van der Waals surface area contributed by atoms with Gasteiger partial charge in [0.05, 0.1) is 44.7 Å². The molecule has 0 atom stereocenters. The van der Waals surface area contributed by atoms with E-state index in [1.165, 1.54) is 9.80 Å². The normalized spacial score (nSPS) is 13.9. The van der Waals surface area contributed by atoms with Gasteiger partial charge in [-0.3, -0.25) is 29.0 Å². The molecule has 2 N–H and O–H groups in total. The molecule has 10 nitrogen and oxygen atoms in total. The number of hydrogen-bond donors (Lipinski definition) is 2. The van der Waals surface area contributed by atoms with Gasteiger partial charge in [-0.05, 0) is 55.9 Å². The van der Waals surface area contributed by atoms with Gasteiger partial charge in [0.2, 0.25) is 0 Å². The smallest absolute Gasteiger partial charge is 0.261 e. The van der Waals surface area contributed by atoms with Crippen molar-refractivity contribution in [2.75, 3.05) is 39.3 Å². The molecule has 0 unspecified atom stereocenters. The van der Waals surface area contributed by atoms with Gasteiger partial charge in [-0.1, -0.05) is 72.8 Å². The van der Waals surface area contributed by atoms with Crippen LogP contribution in [0.1, 0.15) is 47.9 Å². The zero-order chi connectivity index (χ0) is 34.9. The van der Waals surface area contributed by atoms with Crippen LogP contribution in [0.5, 0.6) is 0 Å². The molecule has 6 aromatic rings. The molecule has 51 heavy (non-hydrogen) atoms. The molecule has 0 bridgehead atoms. The van der Waals surface area contributed by atoms with E-state index in [9.17, 15) is 19.2 Å². The van der Waals surface area contributed by atoms with E-state index in [1.807, 2.05) is 72.8 Å². The fourth-order valence-corrected chi connectivity index (χ4v) is 6.92. The van der Waals surface area contributed by atoms with E-state index in [0.717, 1.165) is 17.5 Å². The van der Waals surface area contributed by atoms with Gasteiger partial charge >= 0.3 is 0 Å². The van der Waals surface area contributed by atoms with Crippen molar-refractivity contribution in [3.05, 3.63) is 131 Å². The number of benzene rings is 4. The highest BCUT2D eigenvalue weighted by Crippen LogP contribution is 2.34. The van der Waals surface area contributed by atoms with Crippen LogP contribution in [0.3, 0.4) is 0 Å². The Morgan fingerprint density at radius 1 is 0.451 bits per heavy atom. The van der Waals surface area contributed by atoms with Crippen molar-refractivity contribution in [3.63, 3.8) is 0 Å². The Hall–Kier alpha value is -6.10. The minimum absolute atomic E-state index is 0.235. The molecule has 0 aliphatic carbocycles. The first-order chi connectivity index (χ1) is 25.0. The zero-order valence-electron chi connectivity index (χ0n) is 27.8. The van der Waals surface area contributed by atoms with Crippen LogP contribution in [0.15, 0.2) is 109 Å². The lowest BCUT2D eigenvalue weighted by atomic mass is 9.95. The van der Waals surface area contributed by atoms with Gasteiger partial charge in [-0.15, -0.1) is 0 Å². The van der Waals surface area contributed by atoms with Crippen molar-refractivity contribution >= 4 is 45.4 Å². The summed E-state index contributed by atoms with van der Waals surface area (Å²) in [5.41, 5.74) is 6.37. The molecule has 0 spiro atoms. The Labute approximate surface area is 294 Å². The van der Waals surface area contributed by atoms with Crippen LogP contribution in [0, 0.1) is 0 Å². The fraction of sp³-hybridized carbons (Fsp3) is 0.171. The third-order valence-electron chi connectivity index (χ3n) is 9.44. The number of pyridine rings is 2. The van der Waals surface area contributed by atoms with E-state index < -0.39 is 0 Å². The summed E-state index contributed by atoms with van der Waals surface area (Å²) in [5, 5.41) is 7.87. The molecule has 2 aromatic heterocycles. The summed E-state index contributed by atoms with van der Waals surface area (Å²) >= 11 is 0. The van der Waals surface area contributed by atoms with Crippen molar-refractivity contribution < 1.29 is 19.2 Å². The Bertz CT molecular complexity index is 2180. The second-order valence-electron chi connectivity index (χ2n) is 12.6. The minimum atomic E-state index is -0.319. The first-order valence-electron chi connectivity index (χ1n) is 17.1. The molecule has 4 heterocycles. The summed E-state index contributed by atoms with van der Waals surface area (Å²) in [7, 11) is 0. The van der Waals surface area contributed by atoms with Crippen LogP contribution in [0.4, 0.5) is 0 Å². The Kier molecular flexibility index (Phi) is 8.61. The summed E-state index contributed by atoms with van der Waals surface area (Å²) in [4.78, 5) is 66.0. The van der Waals surface area contributed by atoms with Crippen LogP contribution in [0.2, 0.25) is 0 Å². The molecule has 0 radical (unpaired) electrons. The van der Waals surface area contributed by atoms with Crippen LogP contribution in [0.25, 0.3) is 44.3 Å². The van der Waals surface area contributed by atoms with E-state index in [1.54, 1.807) is 36.4 Å². The largest absolute Gasteiger partial charge is 0.315 e. The molecule has 10 heteroatoms. The number of nitrogens with zero attached hydrogens (tertiary/aromatic N) is 4. The van der Waals surface area contributed by atoms with Gasteiger partial charge in [0, 0.05) is 48.1 Å². The number of imide groups is 2. The average molecular weight is 675 g/mol. The lowest BCUT2D eigenvalue weighted by Gasteiger charge is -2.27. The summed E-state index contributed by atoms with van der Waals surface area (Å²) in [6.07, 6.45) is 0.770. The van der Waals surface area contributed by atoms with Crippen LogP contribution in [-0.2, 0) is 0 Å². The molecule has 0 fully saturated rings. The molecule has 2 aliphatic rings. The molecule has 8 rings (SSSR count). The van der Waals surface area contributed by atoms with Crippen LogP contribution in [-0.4, -0.2) is 82.7 Å². The summed E-state index contributed by atoms with van der Waals surface area (Å²) in [6, 6.07) is 33.7. The SMILES string of the molecule is O=C1c2cccc3nc(-c4ccccc4)cc(c23)C(=O)N1CCNCCCNCCN1C(=O)c2cccc3nc(-c4ccccc4)cc(c23)C1=O. The third kappa shape index (κ3) is 5.94. The van der Waals surface area contributed by atoms with E-state index >= 15 is 0 Å². The van der Waals surface area contributed by atoms with E-state index in [2.05, 4.69) is 10.6 Å². The van der Waals surface area contributed by atoms with Crippen molar-refractivity contribution in [3.8, 4) is 22.5 Å². The van der Waals surface area contributed by atoms with Gasteiger partial charge in [0.1, 0.15) is 0 Å². The average Bonchev–Trinajstić information content (AvgIpc) is 3.17. The highest BCUT2D eigenvalue weighted by Gasteiger charge is 2.34. The number of carbonyl (C=O) groups is 4. The highest BCUT2D eigenvalue weighted by molar-refractivity contribution is 6.26. The third-order valence-corrected chi connectivity index (χ3v) is 9.44. The van der Waals surface area contributed by atoms with Gasteiger partial charge < -0.3 is 10.6 Å². The van der Waals surface area contributed by atoms with Gasteiger partial charge in [-0.2, -0.15) is 0 Å². The monoisotopic (exact) mass is 674 g/mol. The second-order valence-corrected chi connectivity index (χ2v) is 12.6. The topological polar surface area (TPSA) is 125 Å². The maximum atomic E-state index is 13.6. The van der Waals surface area contributed by atoms with E-state index in [0.29, 0.717) is 81.6 Å². The molecule has 0 saturated carbocycles. The zero-order valence-corrected chi connectivity index (χ0v) is 27.8. The maximum Gasteiger partial charge on any atom is 0.261 e. The van der Waals surface area contributed by atoms with Crippen LogP contribution >= 0.6 is 0 Å². The standard InChI is InChI=1S/C41H34N6O4/c48-38-28-14-7-16-32-36(28)30(24-34(44-32)26-10-3-1-4-11-26)40(50)46(38)22-20-42-18-9-19-43-21-23-47-39(49)29-15-8-17-33-37(29)31(41(47)51)25-35(45-33)27-12-5-2-6-13-27/h1-8,10-17,24-25,42-43H,9,18-23H2. The number of nitrogens with one attached hydrogen (secondary N) is 2.